The minimum Gasteiger partial charge on any atom is -0.454 e. The van der Waals surface area contributed by atoms with E-state index in [2.05, 4.69) is 15.8 Å². The fraction of sp³-hybridized carbons (Fsp3) is 0.167. The van der Waals surface area contributed by atoms with Crippen LogP contribution in [0.15, 0.2) is 53.6 Å². The molecule has 0 aliphatic carbocycles. The molecule has 0 saturated carbocycles. The fourth-order valence-electron chi connectivity index (χ4n) is 2.23. The first-order chi connectivity index (χ1) is 12.1. The molecule has 0 radical (unpaired) electrons. The largest absolute Gasteiger partial charge is 0.454 e. The van der Waals surface area contributed by atoms with Crippen LogP contribution in [0.25, 0.3) is 0 Å². The van der Waals surface area contributed by atoms with E-state index in [4.69, 9.17) is 9.47 Å². The zero-order valence-corrected chi connectivity index (χ0v) is 13.6. The molecule has 2 aromatic rings. The lowest BCUT2D eigenvalue weighted by atomic mass is 10.1. The molecule has 2 N–H and O–H groups in total. The smallest absolute Gasteiger partial charge is 0.259 e. The second kappa shape index (κ2) is 7.48. The van der Waals surface area contributed by atoms with Crippen molar-refractivity contribution in [2.75, 3.05) is 13.3 Å². The molecular formula is C18H17N3O4. The standard InChI is InChI=1S/C18H17N3O4/c1-12(13-5-3-2-4-6-13)20-21-17(22)10-19-18(23)14-7-8-15-16(9-14)25-11-24-15/h2-9H,10-11H2,1H3,(H,19,23)(H,21,22)/b20-12+. The summed E-state index contributed by atoms with van der Waals surface area (Å²) in [5, 5.41) is 6.56. The fourth-order valence-corrected chi connectivity index (χ4v) is 2.23. The number of amides is 2. The van der Waals surface area contributed by atoms with Crippen molar-refractivity contribution < 1.29 is 19.1 Å². The summed E-state index contributed by atoms with van der Waals surface area (Å²) >= 11 is 0. The second-order valence-electron chi connectivity index (χ2n) is 5.35. The molecule has 0 aromatic heterocycles. The molecule has 0 spiro atoms. The minimum atomic E-state index is -0.413. The first-order valence-corrected chi connectivity index (χ1v) is 7.70. The molecule has 128 valence electrons. The average Bonchev–Trinajstić information content (AvgIpc) is 3.12. The van der Waals surface area contributed by atoms with Gasteiger partial charge in [-0.2, -0.15) is 5.10 Å². The lowest BCUT2D eigenvalue weighted by molar-refractivity contribution is -0.120. The van der Waals surface area contributed by atoms with Crippen LogP contribution in [0.2, 0.25) is 0 Å². The number of hydrazone groups is 1. The summed E-state index contributed by atoms with van der Waals surface area (Å²) in [5.41, 5.74) is 4.40. The summed E-state index contributed by atoms with van der Waals surface area (Å²) in [6.07, 6.45) is 0. The van der Waals surface area contributed by atoms with E-state index < -0.39 is 5.91 Å². The van der Waals surface area contributed by atoms with Crippen molar-refractivity contribution in [2.24, 2.45) is 5.10 Å². The van der Waals surface area contributed by atoms with Crippen molar-refractivity contribution >= 4 is 17.5 Å². The molecule has 2 aromatic carbocycles. The summed E-state index contributed by atoms with van der Waals surface area (Å²) in [6.45, 7) is 1.75. The third-order valence-corrected chi connectivity index (χ3v) is 3.58. The normalized spacial score (nSPS) is 12.6. The maximum Gasteiger partial charge on any atom is 0.259 e. The van der Waals surface area contributed by atoms with Gasteiger partial charge in [-0.15, -0.1) is 0 Å². The van der Waals surface area contributed by atoms with Crippen LogP contribution in [0.5, 0.6) is 11.5 Å². The van der Waals surface area contributed by atoms with Crippen LogP contribution >= 0.6 is 0 Å². The summed E-state index contributed by atoms with van der Waals surface area (Å²) in [6, 6.07) is 14.3. The molecular weight excluding hydrogens is 322 g/mol. The number of carbonyl (C=O) groups is 2. The van der Waals surface area contributed by atoms with Crippen LogP contribution in [0, 0.1) is 0 Å². The second-order valence-corrected chi connectivity index (χ2v) is 5.35. The van der Waals surface area contributed by atoms with E-state index in [0.29, 0.717) is 22.8 Å². The van der Waals surface area contributed by atoms with E-state index in [1.807, 2.05) is 30.3 Å². The van der Waals surface area contributed by atoms with Gasteiger partial charge < -0.3 is 14.8 Å². The molecule has 0 bridgehead atoms. The zero-order chi connectivity index (χ0) is 17.6. The number of benzene rings is 2. The van der Waals surface area contributed by atoms with E-state index in [1.54, 1.807) is 25.1 Å². The van der Waals surface area contributed by atoms with Gasteiger partial charge in [0.25, 0.3) is 11.8 Å². The Morgan fingerprint density at radius 2 is 1.80 bits per heavy atom. The Balaban J connectivity index is 1.51. The monoisotopic (exact) mass is 339 g/mol. The van der Waals surface area contributed by atoms with Crippen LogP contribution in [-0.4, -0.2) is 30.9 Å². The summed E-state index contributed by atoms with van der Waals surface area (Å²) in [4.78, 5) is 23.9. The highest BCUT2D eigenvalue weighted by molar-refractivity contribution is 6.00. The Kier molecular flexibility index (Phi) is 4.94. The van der Waals surface area contributed by atoms with Gasteiger partial charge in [0.2, 0.25) is 6.79 Å². The molecule has 3 rings (SSSR count). The number of carbonyl (C=O) groups excluding carboxylic acids is 2. The van der Waals surface area contributed by atoms with E-state index in [-0.39, 0.29) is 19.2 Å². The van der Waals surface area contributed by atoms with E-state index in [1.165, 1.54) is 0 Å². The predicted molar refractivity (Wildman–Crippen MR) is 91.7 cm³/mol. The van der Waals surface area contributed by atoms with Gasteiger partial charge in [0, 0.05) is 5.56 Å². The van der Waals surface area contributed by atoms with Crippen LogP contribution in [0.3, 0.4) is 0 Å². The molecule has 7 nitrogen and oxygen atoms in total. The van der Waals surface area contributed by atoms with Gasteiger partial charge in [-0.3, -0.25) is 9.59 Å². The van der Waals surface area contributed by atoms with Gasteiger partial charge in [0.1, 0.15) is 0 Å². The number of ether oxygens (including phenoxy) is 2. The number of fused-ring (bicyclic) bond motifs is 1. The van der Waals surface area contributed by atoms with Crippen LogP contribution in [0.1, 0.15) is 22.8 Å². The topological polar surface area (TPSA) is 89.0 Å². The first kappa shape index (κ1) is 16.5. The Morgan fingerprint density at radius 3 is 2.60 bits per heavy atom. The summed E-state index contributed by atoms with van der Waals surface area (Å²) in [7, 11) is 0. The lowest BCUT2D eigenvalue weighted by Gasteiger charge is -2.06. The number of hydrogen-bond acceptors (Lipinski definition) is 5. The summed E-state index contributed by atoms with van der Waals surface area (Å²) < 4.78 is 10.4. The quantitative estimate of drug-likeness (QED) is 0.641. The molecule has 1 aliphatic rings. The van der Waals surface area contributed by atoms with Gasteiger partial charge in [0.15, 0.2) is 11.5 Å². The average molecular weight is 339 g/mol. The van der Waals surface area contributed by atoms with E-state index in [9.17, 15) is 9.59 Å². The summed E-state index contributed by atoms with van der Waals surface area (Å²) in [5.74, 6) is 0.321. The van der Waals surface area contributed by atoms with Crippen LogP contribution < -0.4 is 20.2 Å². The highest BCUT2D eigenvalue weighted by Crippen LogP contribution is 2.32. The van der Waals surface area contributed by atoms with Crippen LogP contribution in [0.4, 0.5) is 0 Å². The Bertz CT molecular complexity index is 818. The number of nitrogens with one attached hydrogen (secondary N) is 2. The highest BCUT2D eigenvalue weighted by Gasteiger charge is 2.16. The van der Waals surface area contributed by atoms with E-state index >= 15 is 0 Å². The molecule has 0 atom stereocenters. The molecule has 7 heteroatoms. The Labute approximate surface area is 144 Å². The van der Waals surface area contributed by atoms with Gasteiger partial charge in [-0.25, -0.2) is 5.43 Å². The van der Waals surface area contributed by atoms with Crippen molar-refractivity contribution in [3.05, 3.63) is 59.7 Å². The number of nitrogens with zero attached hydrogens (tertiary/aromatic N) is 1. The molecule has 25 heavy (non-hydrogen) atoms. The van der Waals surface area contributed by atoms with E-state index in [0.717, 1.165) is 5.56 Å². The molecule has 0 unspecified atom stereocenters. The zero-order valence-electron chi connectivity index (χ0n) is 13.6. The SMILES string of the molecule is C/C(=N\NC(=O)CNC(=O)c1ccc2c(c1)OCO2)c1ccccc1. The van der Waals surface area contributed by atoms with Gasteiger partial charge >= 0.3 is 0 Å². The number of hydrogen-bond donors (Lipinski definition) is 2. The third kappa shape index (κ3) is 4.14. The van der Waals surface area contributed by atoms with Gasteiger partial charge in [-0.1, -0.05) is 30.3 Å². The van der Waals surface area contributed by atoms with Crippen molar-refractivity contribution in [2.45, 2.75) is 6.92 Å². The number of rotatable bonds is 5. The van der Waals surface area contributed by atoms with Crippen LogP contribution in [-0.2, 0) is 4.79 Å². The maximum atomic E-state index is 12.1. The lowest BCUT2D eigenvalue weighted by Crippen LogP contribution is -2.35. The van der Waals surface area contributed by atoms with Crippen molar-refractivity contribution in [3.63, 3.8) is 0 Å². The molecule has 2 amide bonds. The third-order valence-electron chi connectivity index (χ3n) is 3.58. The molecule has 0 fully saturated rings. The van der Waals surface area contributed by atoms with Gasteiger partial charge in [-0.05, 0) is 30.7 Å². The highest BCUT2D eigenvalue weighted by atomic mass is 16.7. The van der Waals surface area contributed by atoms with Crippen molar-refractivity contribution in [3.8, 4) is 11.5 Å². The predicted octanol–water partition coefficient (Wildman–Crippen LogP) is 1.69. The van der Waals surface area contributed by atoms with Crippen molar-refractivity contribution in [1.82, 2.24) is 10.7 Å². The maximum absolute atomic E-state index is 12.1. The molecule has 1 aliphatic heterocycles. The van der Waals surface area contributed by atoms with Gasteiger partial charge in [0.05, 0.1) is 12.3 Å². The molecule has 0 saturated heterocycles. The van der Waals surface area contributed by atoms with Crippen molar-refractivity contribution in [1.29, 1.82) is 0 Å². The Hall–Kier alpha value is -3.35. The Morgan fingerprint density at radius 1 is 1.04 bits per heavy atom. The molecule has 1 heterocycles. The minimum absolute atomic E-state index is 0.140. The first-order valence-electron chi connectivity index (χ1n) is 7.70.